The lowest BCUT2D eigenvalue weighted by Gasteiger charge is -2.30. The van der Waals surface area contributed by atoms with E-state index in [9.17, 15) is 4.79 Å². The molecule has 140 valence electrons. The molecule has 3 aromatic rings. The molecule has 0 saturated carbocycles. The number of benzene rings is 1. The van der Waals surface area contributed by atoms with E-state index in [0.717, 1.165) is 23.4 Å². The SMILES string of the molecule is CC(C)CCNC(=O)N1Cc2ccccc2-n2cccc2[C@H]1c1cccs1. The zero-order chi connectivity index (χ0) is 18.8. The number of fused-ring (bicyclic) bond motifs is 3. The Morgan fingerprint density at radius 2 is 2.04 bits per heavy atom. The molecule has 0 bridgehead atoms. The quantitative estimate of drug-likeness (QED) is 0.665. The first-order valence-electron chi connectivity index (χ1n) is 9.48. The summed E-state index contributed by atoms with van der Waals surface area (Å²) in [6, 6.07) is 16.6. The van der Waals surface area contributed by atoms with Crippen molar-refractivity contribution < 1.29 is 4.79 Å². The maximum absolute atomic E-state index is 13.2. The second kappa shape index (κ2) is 7.61. The number of thiophene rings is 1. The molecular weight excluding hydrogens is 354 g/mol. The standard InChI is InChI=1S/C22H25N3OS/c1-16(2)11-12-23-22(26)25-15-17-7-3-4-8-18(17)24-13-5-9-19(24)21(25)20-10-6-14-27-20/h3-10,13-14,16,21H,11-12,15H2,1-2H3,(H,23,26)/t21-/m0/s1. The lowest BCUT2D eigenvalue weighted by molar-refractivity contribution is 0.181. The monoisotopic (exact) mass is 379 g/mol. The number of amides is 2. The van der Waals surface area contributed by atoms with Gasteiger partial charge in [0.2, 0.25) is 0 Å². The first-order chi connectivity index (χ1) is 13.1. The van der Waals surface area contributed by atoms with Gasteiger partial charge in [-0.1, -0.05) is 38.1 Å². The molecule has 3 heterocycles. The van der Waals surface area contributed by atoms with Gasteiger partial charge in [-0.3, -0.25) is 0 Å². The lowest BCUT2D eigenvalue weighted by atomic mass is 10.1. The van der Waals surface area contributed by atoms with E-state index in [-0.39, 0.29) is 12.1 Å². The third-order valence-corrected chi connectivity index (χ3v) is 5.96. The van der Waals surface area contributed by atoms with E-state index in [1.54, 1.807) is 11.3 Å². The van der Waals surface area contributed by atoms with Crippen LogP contribution >= 0.6 is 11.3 Å². The zero-order valence-corrected chi connectivity index (χ0v) is 16.6. The van der Waals surface area contributed by atoms with Crippen LogP contribution < -0.4 is 5.32 Å². The van der Waals surface area contributed by atoms with Crippen LogP contribution in [0, 0.1) is 5.92 Å². The summed E-state index contributed by atoms with van der Waals surface area (Å²) in [5.41, 5.74) is 3.44. The molecule has 1 aliphatic heterocycles. The molecule has 1 N–H and O–H groups in total. The van der Waals surface area contributed by atoms with Crippen LogP contribution in [0.4, 0.5) is 4.79 Å². The van der Waals surface area contributed by atoms with Crippen LogP contribution in [-0.4, -0.2) is 22.0 Å². The molecule has 2 aromatic heterocycles. The van der Waals surface area contributed by atoms with Gasteiger partial charge in [0.25, 0.3) is 0 Å². The Kier molecular flexibility index (Phi) is 5.03. The number of nitrogens with one attached hydrogen (secondary N) is 1. The number of carbonyl (C=O) groups excluding carboxylic acids is 1. The van der Waals surface area contributed by atoms with Crippen molar-refractivity contribution in [2.45, 2.75) is 32.9 Å². The van der Waals surface area contributed by atoms with E-state index in [2.05, 4.69) is 77.8 Å². The minimum atomic E-state index is -0.0913. The summed E-state index contributed by atoms with van der Waals surface area (Å²) in [7, 11) is 0. The predicted molar refractivity (Wildman–Crippen MR) is 110 cm³/mol. The third kappa shape index (κ3) is 3.52. The van der Waals surface area contributed by atoms with Crippen LogP contribution in [-0.2, 0) is 6.54 Å². The normalized spacial score (nSPS) is 16.0. The fourth-order valence-electron chi connectivity index (χ4n) is 3.65. The molecule has 1 atom stereocenters. The van der Waals surface area contributed by atoms with Crippen LogP contribution in [0.5, 0.6) is 0 Å². The Bertz CT molecular complexity index is 913. The Hall–Kier alpha value is -2.53. The van der Waals surface area contributed by atoms with E-state index in [4.69, 9.17) is 0 Å². The smallest absolute Gasteiger partial charge is 0.318 e. The van der Waals surface area contributed by atoms with Gasteiger partial charge in [-0.15, -0.1) is 11.3 Å². The molecule has 2 amide bonds. The molecule has 0 saturated heterocycles. The van der Waals surface area contributed by atoms with Gasteiger partial charge in [-0.2, -0.15) is 0 Å². The van der Waals surface area contributed by atoms with Gasteiger partial charge in [-0.25, -0.2) is 4.79 Å². The minimum Gasteiger partial charge on any atom is -0.338 e. The van der Waals surface area contributed by atoms with E-state index in [1.165, 1.54) is 4.88 Å². The van der Waals surface area contributed by atoms with Crippen LogP contribution in [0.15, 0.2) is 60.1 Å². The first kappa shape index (κ1) is 17.9. The summed E-state index contributed by atoms with van der Waals surface area (Å²) in [6.07, 6.45) is 3.07. The zero-order valence-electron chi connectivity index (χ0n) is 15.8. The number of carbonyl (C=O) groups is 1. The third-order valence-electron chi connectivity index (χ3n) is 5.04. The van der Waals surface area contributed by atoms with E-state index < -0.39 is 0 Å². The van der Waals surface area contributed by atoms with Gasteiger partial charge in [0.1, 0.15) is 6.04 Å². The van der Waals surface area contributed by atoms with Crippen molar-refractivity contribution in [1.29, 1.82) is 0 Å². The number of rotatable bonds is 4. The summed E-state index contributed by atoms with van der Waals surface area (Å²) in [4.78, 5) is 16.3. The molecule has 4 rings (SSSR count). The minimum absolute atomic E-state index is 0.00139. The Labute approximate surface area is 164 Å². The topological polar surface area (TPSA) is 37.3 Å². The van der Waals surface area contributed by atoms with Crippen LogP contribution in [0.25, 0.3) is 5.69 Å². The van der Waals surface area contributed by atoms with Gasteiger partial charge < -0.3 is 14.8 Å². The number of hydrogen-bond donors (Lipinski definition) is 1. The number of hydrogen-bond acceptors (Lipinski definition) is 2. The second-order valence-corrected chi connectivity index (χ2v) is 8.37. The maximum atomic E-state index is 13.2. The van der Waals surface area contributed by atoms with Crippen molar-refractivity contribution in [3.8, 4) is 5.69 Å². The Morgan fingerprint density at radius 1 is 1.19 bits per heavy atom. The van der Waals surface area contributed by atoms with Crippen LogP contribution in [0.2, 0.25) is 0 Å². The number of urea groups is 1. The maximum Gasteiger partial charge on any atom is 0.318 e. The fourth-order valence-corrected chi connectivity index (χ4v) is 4.50. The molecule has 0 spiro atoms. The molecule has 1 aromatic carbocycles. The molecule has 1 aliphatic rings. The summed E-state index contributed by atoms with van der Waals surface area (Å²) in [5.74, 6) is 0.570. The molecule has 27 heavy (non-hydrogen) atoms. The number of aromatic nitrogens is 1. The van der Waals surface area contributed by atoms with Gasteiger partial charge >= 0.3 is 6.03 Å². The Morgan fingerprint density at radius 3 is 2.81 bits per heavy atom. The molecule has 0 unspecified atom stereocenters. The first-order valence-corrected chi connectivity index (χ1v) is 10.4. The summed E-state index contributed by atoms with van der Waals surface area (Å²) < 4.78 is 2.22. The highest BCUT2D eigenvalue weighted by atomic mass is 32.1. The van der Waals surface area contributed by atoms with Gasteiger partial charge in [-0.05, 0) is 47.5 Å². The average Bonchev–Trinajstić information content (AvgIpc) is 3.32. The summed E-state index contributed by atoms with van der Waals surface area (Å²) in [5, 5.41) is 5.22. The van der Waals surface area contributed by atoms with Crippen molar-refractivity contribution in [1.82, 2.24) is 14.8 Å². The van der Waals surface area contributed by atoms with Crippen LogP contribution in [0.3, 0.4) is 0 Å². The average molecular weight is 380 g/mol. The van der Waals surface area contributed by atoms with Crippen molar-refractivity contribution in [3.05, 3.63) is 76.2 Å². The highest BCUT2D eigenvalue weighted by Gasteiger charge is 2.33. The van der Waals surface area contributed by atoms with Crippen LogP contribution in [0.1, 0.15) is 42.4 Å². The van der Waals surface area contributed by atoms with Gasteiger partial charge in [0.15, 0.2) is 0 Å². The summed E-state index contributed by atoms with van der Waals surface area (Å²) in [6.45, 7) is 5.64. The van der Waals surface area contributed by atoms with Crippen molar-refractivity contribution in [2.24, 2.45) is 5.92 Å². The molecule has 0 radical (unpaired) electrons. The number of para-hydroxylation sites is 1. The summed E-state index contributed by atoms with van der Waals surface area (Å²) >= 11 is 1.70. The lowest BCUT2D eigenvalue weighted by Crippen LogP contribution is -2.42. The molecule has 4 nitrogen and oxygen atoms in total. The second-order valence-electron chi connectivity index (χ2n) is 7.39. The molecular formula is C22H25N3OS. The van der Waals surface area contributed by atoms with Gasteiger partial charge in [0.05, 0.1) is 17.9 Å². The molecule has 0 aliphatic carbocycles. The molecule has 5 heteroatoms. The van der Waals surface area contributed by atoms with E-state index >= 15 is 0 Å². The van der Waals surface area contributed by atoms with Crippen molar-refractivity contribution in [3.63, 3.8) is 0 Å². The molecule has 0 fully saturated rings. The van der Waals surface area contributed by atoms with E-state index in [0.29, 0.717) is 19.0 Å². The highest BCUT2D eigenvalue weighted by Crippen LogP contribution is 2.38. The predicted octanol–water partition coefficient (Wildman–Crippen LogP) is 5.20. The largest absolute Gasteiger partial charge is 0.338 e. The Balaban J connectivity index is 1.75. The number of nitrogens with zero attached hydrogens (tertiary/aromatic N) is 2. The van der Waals surface area contributed by atoms with Gasteiger partial charge in [0, 0.05) is 17.6 Å². The highest BCUT2D eigenvalue weighted by molar-refractivity contribution is 7.10. The fraction of sp³-hybridized carbons (Fsp3) is 0.318. The van der Waals surface area contributed by atoms with E-state index in [1.807, 2.05) is 11.0 Å². The van der Waals surface area contributed by atoms with Crippen molar-refractivity contribution in [2.75, 3.05) is 6.54 Å². The van der Waals surface area contributed by atoms with Crippen molar-refractivity contribution >= 4 is 17.4 Å².